The number of hydrogen-bond acceptors (Lipinski definition) is 3. The van der Waals surface area contributed by atoms with Crippen LogP contribution >= 0.6 is 11.6 Å². The van der Waals surface area contributed by atoms with E-state index < -0.39 is 24.0 Å². The molecule has 2 aromatic carbocycles. The van der Waals surface area contributed by atoms with Crippen molar-refractivity contribution in [2.75, 3.05) is 13.7 Å². The van der Waals surface area contributed by atoms with E-state index in [1.165, 1.54) is 37.4 Å². The molecule has 0 atom stereocenters. The Hall–Kier alpha value is -2.14. The highest BCUT2D eigenvalue weighted by Crippen LogP contribution is 2.24. The van der Waals surface area contributed by atoms with E-state index in [1.807, 2.05) is 0 Å². The molecule has 0 aliphatic heterocycles. The van der Waals surface area contributed by atoms with Crippen LogP contribution in [0.1, 0.15) is 10.4 Å². The van der Waals surface area contributed by atoms with Gasteiger partial charge in [-0.25, -0.2) is 8.78 Å². The van der Waals surface area contributed by atoms with Crippen LogP contribution in [-0.4, -0.2) is 19.5 Å². The molecule has 0 radical (unpaired) electrons. The smallest absolute Gasteiger partial charge is 0.200 e. The highest BCUT2D eigenvalue weighted by Gasteiger charge is 2.13. The van der Waals surface area contributed by atoms with E-state index in [1.54, 1.807) is 0 Å². The van der Waals surface area contributed by atoms with Crippen molar-refractivity contribution in [2.45, 2.75) is 0 Å². The van der Waals surface area contributed by atoms with Gasteiger partial charge in [0.2, 0.25) is 0 Å². The minimum atomic E-state index is -0.743. The molecule has 3 nitrogen and oxygen atoms in total. The summed E-state index contributed by atoms with van der Waals surface area (Å²) >= 11 is 5.60. The third kappa shape index (κ3) is 3.49. The summed E-state index contributed by atoms with van der Waals surface area (Å²) in [6.45, 7) is -0.428. The second kappa shape index (κ2) is 6.54. The molecule has 0 unspecified atom stereocenters. The molecule has 0 N–H and O–H groups in total. The van der Waals surface area contributed by atoms with Crippen LogP contribution in [0, 0.1) is 11.6 Å². The van der Waals surface area contributed by atoms with Crippen molar-refractivity contribution in [1.29, 1.82) is 0 Å². The minimum absolute atomic E-state index is 0.0355. The lowest BCUT2D eigenvalue weighted by molar-refractivity contribution is 0.0918. The summed E-state index contributed by atoms with van der Waals surface area (Å²) in [6.07, 6.45) is 0. The van der Waals surface area contributed by atoms with Crippen molar-refractivity contribution < 1.29 is 23.0 Å². The van der Waals surface area contributed by atoms with Gasteiger partial charge in [0.15, 0.2) is 35.5 Å². The Morgan fingerprint density at radius 2 is 1.95 bits per heavy atom. The fraction of sp³-hybridized carbons (Fsp3) is 0.133. The molecule has 0 saturated heterocycles. The largest absolute Gasteiger partial charge is 0.494 e. The van der Waals surface area contributed by atoms with Crippen molar-refractivity contribution >= 4 is 17.4 Å². The van der Waals surface area contributed by atoms with Crippen LogP contribution in [0.15, 0.2) is 36.4 Å². The number of carbonyl (C=O) groups is 1. The van der Waals surface area contributed by atoms with Crippen molar-refractivity contribution in [3.63, 3.8) is 0 Å². The lowest BCUT2D eigenvalue weighted by Gasteiger charge is -2.08. The lowest BCUT2D eigenvalue weighted by atomic mass is 10.1. The van der Waals surface area contributed by atoms with Gasteiger partial charge in [-0.15, -0.1) is 0 Å². The van der Waals surface area contributed by atoms with E-state index in [4.69, 9.17) is 21.1 Å². The second-order valence-corrected chi connectivity index (χ2v) is 4.52. The average Bonchev–Trinajstić information content (AvgIpc) is 2.48. The summed E-state index contributed by atoms with van der Waals surface area (Å²) < 4.78 is 36.9. The van der Waals surface area contributed by atoms with E-state index in [-0.39, 0.29) is 22.1 Å². The quantitative estimate of drug-likeness (QED) is 0.786. The Labute approximate surface area is 125 Å². The zero-order chi connectivity index (χ0) is 15.4. The number of Topliss-reactive ketones (excluding diaryl/α,β-unsaturated/α-hetero) is 1. The molecule has 6 heteroatoms. The SMILES string of the molecule is COc1ccc(C(=O)COc2cccc(Cl)c2F)cc1F. The molecule has 0 aromatic heterocycles. The molecule has 2 rings (SSSR count). The number of carbonyl (C=O) groups excluding carboxylic acids is 1. The van der Waals surface area contributed by atoms with Gasteiger partial charge in [0, 0.05) is 5.56 Å². The van der Waals surface area contributed by atoms with Crippen molar-refractivity contribution in [3.05, 3.63) is 58.6 Å². The van der Waals surface area contributed by atoms with Gasteiger partial charge >= 0.3 is 0 Å². The molecule has 0 aliphatic rings. The zero-order valence-electron chi connectivity index (χ0n) is 11.0. The third-order valence-electron chi connectivity index (χ3n) is 2.75. The summed E-state index contributed by atoms with van der Waals surface area (Å²) in [4.78, 5) is 11.9. The Morgan fingerprint density at radius 3 is 2.62 bits per heavy atom. The highest BCUT2D eigenvalue weighted by atomic mass is 35.5. The van der Waals surface area contributed by atoms with Gasteiger partial charge in [-0.05, 0) is 30.3 Å². The summed E-state index contributed by atoms with van der Waals surface area (Å²) in [6, 6.07) is 8.00. The van der Waals surface area contributed by atoms with Crippen LogP contribution in [-0.2, 0) is 0 Å². The number of ketones is 1. The van der Waals surface area contributed by atoms with E-state index in [0.717, 1.165) is 6.07 Å². The lowest BCUT2D eigenvalue weighted by Crippen LogP contribution is -2.12. The monoisotopic (exact) mass is 312 g/mol. The van der Waals surface area contributed by atoms with E-state index in [2.05, 4.69) is 0 Å². The first-order valence-corrected chi connectivity index (χ1v) is 6.34. The third-order valence-corrected chi connectivity index (χ3v) is 3.04. The van der Waals surface area contributed by atoms with Crippen LogP contribution in [0.3, 0.4) is 0 Å². The average molecular weight is 313 g/mol. The maximum absolute atomic E-state index is 13.6. The number of ether oxygens (including phenoxy) is 2. The molecule has 0 amide bonds. The van der Waals surface area contributed by atoms with E-state index in [9.17, 15) is 13.6 Å². The summed E-state index contributed by atoms with van der Waals surface area (Å²) in [7, 11) is 1.32. The van der Waals surface area contributed by atoms with Crippen LogP contribution in [0.5, 0.6) is 11.5 Å². The first kappa shape index (κ1) is 15.3. The van der Waals surface area contributed by atoms with Gasteiger partial charge in [0.25, 0.3) is 0 Å². The number of benzene rings is 2. The van der Waals surface area contributed by atoms with Crippen LogP contribution in [0.25, 0.3) is 0 Å². The number of hydrogen-bond donors (Lipinski definition) is 0. The van der Waals surface area contributed by atoms with Gasteiger partial charge in [-0.2, -0.15) is 0 Å². The first-order valence-electron chi connectivity index (χ1n) is 5.96. The van der Waals surface area contributed by atoms with Crippen molar-refractivity contribution in [3.8, 4) is 11.5 Å². The number of methoxy groups -OCH3 is 1. The summed E-state index contributed by atoms with van der Waals surface area (Å²) in [5, 5.41) is -0.101. The maximum Gasteiger partial charge on any atom is 0.200 e. The predicted molar refractivity (Wildman–Crippen MR) is 74.2 cm³/mol. The van der Waals surface area contributed by atoms with E-state index >= 15 is 0 Å². The minimum Gasteiger partial charge on any atom is -0.494 e. The van der Waals surface area contributed by atoms with Gasteiger partial charge in [0.1, 0.15) is 0 Å². The normalized spacial score (nSPS) is 10.3. The van der Waals surface area contributed by atoms with Gasteiger partial charge in [-0.1, -0.05) is 17.7 Å². The standard InChI is InChI=1S/C15H11ClF2O3/c1-20-13-6-5-9(7-11(13)17)12(19)8-21-14-4-2-3-10(16)15(14)18/h2-7H,8H2,1H3. The second-order valence-electron chi connectivity index (χ2n) is 4.11. The molecular formula is C15H11ClF2O3. The Balaban J connectivity index is 2.08. The first-order chi connectivity index (χ1) is 10.0. The van der Waals surface area contributed by atoms with Crippen LogP contribution in [0.2, 0.25) is 5.02 Å². The fourth-order valence-electron chi connectivity index (χ4n) is 1.66. The summed E-state index contributed by atoms with van der Waals surface area (Å²) in [5.41, 5.74) is 0.107. The molecule has 21 heavy (non-hydrogen) atoms. The van der Waals surface area contributed by atoms with Crippen LogP contribution in [0.4, 0.5) is 8.78 Å². The van der Waals surface area contributed by atoms with Gasteiger partial charge in [0.05, 0.1) is 12.1 Å². The predicted octanol–water partition coefficient (Wildman–Crippen LogP) is 3.89. The topological polar surface area (TPSA) is 35.5 Å². The molecule has 110 valence electrons. The summed E-state index contributed by atoms with van der Waals surface area (Å²) in [5.74, 6) is -1.99. The molecule has 0 spiro atoms. The molecule has 0 saturated carbocycles. The highest BCUT2D eigenvalue weighted by molar-refractivity contribution is 6.30. The van der Waals surface area contributed by atoms with E-state index in [0.29, 0.717) is 0 Å². The Bertz CT molecular complexity index is 674. The Morgan fingerprint density at radius 1 is 1.19 bits per heavy atom. The molecule has 2 aromatic rings. The van der Waals surface area contributed by atoms with Crippen molar-refractivity contribution in [2.24, 2.45) is 0 Å². The van der Waals surface area contributed by atoms with Gasteiger partial charge < -0.3 is 9.47 Å². The zero-order valence-corrected chi connectivity index (χ0v) is 11.8. The Kier molecular flexibility index (Phi) is 4.75. The maximum atomic E-state index is 13.6. The van der Waals surface area contributed by atoms with Crippen molar-refractivity contribution in [1.82, 2.24) is 0 Å². The number of rotatable bonds is 5. The fourth-order valence-corrected chi connectivity index (χ4v) is 1.83. The molecule has 0 bridgehead atoms. The molecule has 0 aliphatic carbocycles. The number of halogens is 3. The molecule has 0 heterocycles. The molecular weight excluding hydrogens is 302 g/mol. The van der Waals surface area contributed by atoms with Gasteiger partial charge in [-0.3, -0.25) is 4.79 Å². The molecule has 0 fully saturated rings. The van der Waals surface area contributed by atoms with Crippen LogP contribution < -0.4 is 9.47 Å².